The Morgan fingerprint density at radius 3 is 2.38 bits per heavy atom. The van der Waals surface area contributed by atoms with Gasteiger partial charge in [-0.15, -0.1) is 0 Å². The molecule has 2 amide bonds. The van der Waals surface area contributed by atoms with Gasteiger partial charge in [0.1, 0.15) is 0 Å². The number of pyridine rings is 1. The molecule has 8 nitrogen and oxygen atoms in total. The number of carbonyl (C=O) groups is 1. The van der Waals surface area contributed by atoms with E-state index in [1.807, 2.05) is 6.07 Å². The minimum absolute atomic E-state index is 0.216. The van der Waals surface area contributed by atoms with Crippen molar-refractivity contribution in [3.05, 3.63) is 83.7 Å². The smallest absolute Gasteiger partial charge is 0.319 e. The third-order valence-electron chi connectivity index (χ3n) is 5.86. The third-order valence-corrected chi connectivity index (χ3v) is 7.77. The van der Waals surface area contributed by atoms with Gasteiger partial charge >= 0.3 is 6.03 Å². The first-order chi connectivity index (χ1) is 16.3. The zero-order chi connectivity index (χ0) is 24.1. The van der Waals surface area contributed by atoms with E-state index in [-0.39, 0.29) is 10.9 Å². The molecule has 0 unspecified atom stereocenters. The van der Waals surface area contributed by atoms with Crippen LogP contribution in [0.2, 0.25) is 0 Å². The molecule has 0 bridgehead atoms. The normalized spacial score (nSPS) is 14.6. The zero-order valence-electron chi connectivity index (χ0n) is 19.4. The molecule has 34 heavy (non-hydrogen) atoms. The van der Waals surface area contributed by atoms with E-state index < -0.39 is 10.0 Å². The highest BCUT2D eigenvalue weighted by Gasteiger charge is 2.29. The number of urea groups is 1. The first kappa shape index (κ1) is 23.7. The molecule has 0 radical (unpaired) electrons. The molecule has 2 N–H and O–H groups in total. The van der Waals surface area contributed by atoms with Gasteiger partial charge in [-0.25, -0.2) is 13.2 Å². The van der Waals surface area contributed by atoms with Crippen LogP contribution in [0.15, 0.2) is 71.9 Å². The van der Waals surface area contributed by atoms with Crippen molar-refractivity contribution < 1.29 is 13.2 Å². The molecule has 2 aromatic carbocycles. The maximum Gasteiger partial charge on any atom is 0.319 e. The zero-order valence-corrected chi connectivity index (χ0v) is 20.2. The molecule has 1 fully saturated rings. The number of carbonyl (C=O) groups excluding carboxylic acids is 1. The van der Waals surface area contributed by atoms with Gasteiger partial charge in [0.2, 0.25) is 10.0 Å². The number of hydrogen-bond donors (Lipinski definition) is 2. The van der Waals surface area contributed by atoms with Crippen LogP contribution in [0.3, 0.4) is 0 Å². The Morgan fingerprint density at radius 2 is 1.74 bits per heavy atom. The summed E-state index contributed by atoms with van der Waals surface area (Å²) < 4.78 is 27.8. The van der Waals surface area contributed by atoms with Gasteiger partial charge in [-0.1, -0.05) is 23.8 Å². The summed E-state index contributed by atoms with van der Waals surface area (Å²) in [6.07, 6.45) is 3.35. The van der Waals surface area contributed by atoms with Crippen molar-refractivity contribution in [2.75, 3.05) is 36.4 Å². The van der Waals surface area contributed by atoms with Crippen LogP contribution in [0.5, 0.6) is 0 Å². The third kappa shape index (κ3) is 5.55. The molecule has 1 aliphatic rings. The number of amides is 2. The van der Waals surface area contributed by atoms with Crippen LogP contribution in [0.4, 0.5) is 16.2 Å². The van der Waals surface area contributed by atoms with Crippen LogP contribution in [0.1, 0.15) is 16.7 Å². The lowest BCUT2D eigenvalue weighted by atomic mass is 10.1. The quantitative estimate of drug-likeness (QED) is 0.564. The molecule has 9 heteroatoms. The number of anilines is 2. The van der Waals surface area contributed by atoms with Crippen LogP contribution in [-0.4, -0.2) is 49.9 Å². The van der Waals surface area contributed by atoms with Crippen LogP contribution < -0.4 is 15.5 Å². The van der Waals surface area contributed by atoms with E-state index in [4.69, 9.17) is 0 Å². The largest absolute Gasteiger partial charge is 0.369 e. The van der Waals surface area contributed by atoms with Gasteiger partial charge in [0.15, 0.2) is 0 Å². The van der Waals surface area contributed by atoms with Gasteiger partial charge in [0.25, 0.3) is 0 Å². The lowest BCUT2D eigenvalue weighted by Crippen LogP contribution is -2.48. The van der Waals surface area contributed by atoms with Gasteiger partial charge in [-0.3, -0.25) is 4.98 Å². The molecule has 178 valence electrons. The van der Waals surface area contributed by atoms with Crippen molar-refractivity contribution >= 4 is 27.4 Å². The lowest BCUT2D eigenvalue weighted by molar-refractivity contribution is 0.251. The Bertz CT molecular complexity index is 1240. The summed E-state index contributed by atoms with van der Waals surface area (Å²) >= 11 is 0. The number of aryl methyl sites for hydroxylation is 2. The van der Waals surface area contributed by atoms with E-state index in [0.29, 0.717) is 38.4 Å². The Balaban J connectivity index is 1.33. The van der Waals surface area contributed by atoms with E-state index in [1.165, 1.54) is 27.6 Å². The summed E-state index contributed by atoms with van der Waals surface area (Å²) in [5.41, 5.74) is 4.97. The average molecular weight is 480 g/mol. The molecule has 2 heterocycles. The average Bonchev–Trinajstić information content (AvgIpc) is 2.84. The first-order valence-corrected chi connectivity index (χ1v) is 12.6. The first-order valence-electron chi connectivity index (χ1n) is 11.2. The lowest BCUT2D eigenvalue weighted by Gasteiger charge is -2.36. The molecule has 0 atom stereocenters. The van der Waals surface area contributed by atoms with Crippen molar-refractivity contribution in [1.82, 2.24) is 14.6 Å². The highest BCUT2D eigenvalue weighted by molar-refractivity contribution is 7.89. The number of hydrogen-bond acceptors (Lipinski definition) is 5. The Labute approximate surface area is 200 Å². The monoisotopic (exact) mass is 479 g/mol. The van der Waals surface area contributed by atoms with Crippen LogP contribution >= 0.6 is 0 Å². The summed E-state index contributed by atoms with van der Waals surface area (Å²) in [6.45, 7) is 6.62. The summed E-state index contributed by atoms with van der Waals surface area (Å²) in [6, 6.07) is 15.9. The van der Waals surface area contributed by atoms with E-state index in [2.05, 4.69) is 52.6 Å². The highest BCUT2D eigenvalue weighted by atomic mass is 32.2. The minimum Gasteiger partial charge on any atom is -0.369 e. The summed E-state index contributed by atoms with van der Waals surface area (Å²) in [4.78, 5) is 18.6. The maximum atomic E-state index is 13.1. The SMILES string of the molecule is Cc1ccc(N2CCN(S(=O)(=O)c3ccc(NC(=O)NCc4cccnc4)cc3)CC2)c(C)c1. The van der Waals surface area contributed by atoms with Crippen LogP contribution in [-0.2, 0) is 16.6 Å². The van der Waals surface area contributed by atoms with Gasteiger partial charge in [-0.05, 0) is 61.4 Å². The van der Waals surface area contributed by atoms with Crippen LogP contribution in [0.25, 0.3) is 0 Å². The maximum absolute atomic E-state index is 13.1. The van der Waals surface area contributed by atoms with E-state index in [9.17, 15) is 13.2 Å². The summed E-state index contributed by atoms with van der Waals surface area (Å²) in [5.74, 6) is 0. The fraction of sp³-hybridized carbons (Fsp3) is 0.280. The topological polar surface area (TPSA) is 94.6 Å². The summed E-state index contributed by atoms with van der Waals surface area (Å²) in [5, 5.41) is 5.47. The van der Waals surface area contributed by atoms with Gasteiger partial charge in [-0.2, -0.15) is 4.31 Å². The molecule has 3 aromatic rings. The molecular weight excluding hydrogens is 450 g/mol. The standard InChI is InChI=1S/C25H29N5O3S/c1-19-5-10-24(20(2)16-19)29-12-14-30(15-13-29)34(32,33)23-8-6-22(7-9-23)28-25(31)27-18-21-4-3-11-26-17-21/h3-11,16-17H,12-15,18H2,1-2H3,(H2,27,28,31). The van der Waals surface area contributed by atoms with E-state index >= 15 is 0 Å². The molecule has 1 aliphatic heterocycles. The molecule has 1 saturated heterocycles. The van der Waals surface area contributed by atoms with Crippen molar-refractivity contribution in [3.8, 4) is 0 Å². The van der Waals surface area contributed by atoms with Crippen molar-refractivity contribution in [1.29, 1.82) is 0 Å². The molecular formula is C25H29N5O3S. The minimum atomic E-state index is -3.60. The molecule has 0 aliphatic carbocycles. The van der Waals surface area contributed by atoms with E-state index in [1.54, 1.807) is 30.6 Å². The second-order valence-electron chi connectivity index (χ2n) is 8.37. The predicted molar refractivity (Wildman–Crippen MR) is 133 cm³/mol. The fourth-order valence-electron chi connectivity index (χ4n) is 4.05. The van der Waals surface area contributed by atoms with Gasteiger partial charge < -0.3 is 15.5 Å². The van der Waals surface area contributed by atoms with Crippen molar-refractivity contribution in [3.63, 3.8) is 0 Å². The fourth-order valence-corrected chi connectivity index (χ4v) is 5.47. The van der Waals surface area contributed by atoms with Gasteiger partial charge in [0.05, 0.1) is 4.90 Å². The van der Waals surface area contributed by atoms with Crippen molar-refractivity contribution in [2.45, 2.75) is 25.3 Å². The van der Waals surface area contributed by atoms with Crippen molar-refractivity contribution in [2.24, 2.45) is 0 Å². The number of benzene rings is 2. The van der Waals surface area contributed by atoms with Gasteiger partial charge in [0, 0.05) is 56.5 Å². The molecule has 0 spiro atoms. The summed E-state index contributed by atoms with van der Waals surface area (Å²) in [7, 11) is -3.60. The predicted octanol–water partition coefficient (Wildman–Crippen LogP) is 3.53. The second-order valence-corrected chi connectivity index (χ2v) is 10.3. The molecule has 4 rings (SSSR count). The Hall–Kier alpha value is -3.43. The number of nitrogens with one attached hydrogen (secondary N) is 2. The van der Waals surface area contributed by atoms with E-state index in [0.717, 1.165) is 11.3 Å². The molecule has 1 aromatic heterocycles. The number of rotatable bonds is 6. The number of aromatic nitrogens is 1. The number of piperazine rings is 1. The second kappa shape index (κ2) is 10.2. The number of nitrogens with zero attached hydrogens (tertiary/aromatic N) is 3. The highest BCUT2D eigenvalue weighted by Crippen LogP contribution is 2.25. The Morgan fingerprint density at radius 1 is 1.00 bits per heavy atom. The van der Waals surface area contributed by atoms with Crippen LogP contribution in [0, 0.1) is 13.8 Å². The number of sulfonamides is 1. The molecule has 0 saturated carbocycles. The Kier molecular flexibility index (Phi) is 7.14.